The lowest BCUT2D eigenvalue weighted by atomic mass is 10.1. The van der Waals surface area contributed by atoms with Gasteiger partial charge >= 0.3 is 0 Å². The molecule has 1 aromatic heterocycles. The second-order valence-electron chi connectivity index (χ2n) is 5.59. The van der Waals surface area contributed by atoms with E-state index in [1.165, 1.54) is 0 Å². The van der Waals surface area contributed by atoms with Crippen LogP contribution < -0.4 is 5.32 Å². The normalized spacial score (nSPS) is 17.9. The van der Waals surface area contributed by atoms with Crippen molar-refractivity contribution in [2.75, 3.05) is 7.05 Å². The van der Waals surface area contributed by atoms with Gasteiger partial charge in [-0.25, -0.2) is 0 Å². The molecule has 0 amide bonds. The van der Waals surface area contributed by atoms with Gasteiger partial charge in [0.15, 0.2) is 0 Å². The highest BCUT2D eigenvalue weighted by molar-refractivity contribution is 8.02. The zero-order valence-electron chi connectivity index (χ0n) is 13.5. The highest BCUT2D eigenvalue weighted by Gasteiger charge is 2.23. The summed E-state index contributed by atoms with van der Waals surface area (Å²) >= 11 is 7.87. The third-order valence-corrected chi connectivity index (χ3v) is 5.27. The molecule has 1 N–H and O–H groups in total. The summed E-state index contributed by atoms with van der Waals surface area (Å²) in [6, 6.07) is 9.73. The van der Waals surface area contributed by atoms with Crippen molar-refractivity contribution in [1.29, 1.82) is 5.26 Å². The van der Waals surface area contributed by atoms with Crippen LogP contribution in [0.4, 0.5) is 0 Å². The summed E-state index contributed by atoms with van der Waals surface area (Å²) in [4.78, 5) is 2.28. The first-order valence-electron chi connectivity index (χ1n) is 7.62. The third kappa shape index (κ3) is 3.44. The number of thioether (sulfide) groups is 1. The molecule has 0 radical (unpaired) electrons. The standard InChI is InChI=1S/C17H18ClN5S/c1-12(23-7-8-24-17(23)20-2)11-22-6-5-16(21-22)13-3-4-14(10-19)15(18)9-13/h3-9,12,17,20H,11H2,1-2H3/t12?,17-/m1/s1. The molecule has 1 aromatic carbocycles. The van der Waals surface area contributed by atoms with Crippen LogP contribution in [0, 0.1) is 11.3 Å². The predicted octanol–water partition coefficient (Wildman–Crippen LogP) is 3.49. The first-order chi connectivity index (χ1) is 11.6. The molecular formula is C17H18ClN5S. The number of benzene rings is 1. The topological polar surface area (TPSA) is 56.9 Å². The van der Waals surface area contributed by atoms with E-state index < -0.39 is 0 Å². The molecule has 1 aliphatic heterocycles. The summed E-state index contributed by atoms with van der Waals surface area (Å²) in [5, 5.41) is 19.4. The fourth-order valence-electron chi connectivity index (χ4n) is 2.67. The molecule has 0 aliphatic carbocycles. The number of nitriles is 1. The Bertz CT molecular complexity index is 795. The lowest BCUT2D eigenvalue weighted by Gasteiger charge is -2.30. The first kappa shape index (κ1) is 16.9. The van der Waals surface area contributed by atoms with Crippen LogP contribution in [0.2, 0.25) is 5.02 Å². The van der Waals surface area contributed by atoms with Crippen molar-refractivity contribution in [3.05, 3.63) is 52.7 Å². The summed E-state index contributed by atoms with van der Waals surface area (Å²) in [5.41, 5.74) is 2.51. The quantitative estimate of drug-likeness (QED) is 0.885. The van der Waals surface area contributed by atoms with Crippen molar-refractivity contribution in [3.8, 4) is 17.3 Å². The Hall–Kier alpha value is -1.94. The maximum absolute atomic E-state index is 8.96. The van der Waals surface area contributed by atoms with Crippen LogP contribution in [0.25, 0.3) is 11.3 Å². The molecule has 0 fully saturated rings. The van der Waals surface area contributed by atoms with E-state index in [-0.39, 0.29) is 5.50 Å². The molecule has 7 heteroatoms. The molecular weight excluding hydrogens is 342 g/mol. The van der Waals surface area contributed by atoms with Crippen molar-refractivity contribution < 1.29 is 0 Å². The monoisotopic (exact) mass is 359 g/mol. The Balaban J connectivity index is 1.73. The molecule has 1 aliphatic rings. The Morgan fingerprint density at radius 3 is 3.00 bits per heavy atom. The van der Waals surface area contributed by atoms with Crippen LogP contribution in [-0.2, 0) is 6.54 Å². The lowest BCUT2D eigenvalue weighted by molar-refractivity contribution is 0.234. The Morgan fingerprint density at radius 2 is 2.29 bits per heavy atom. The van der Waals surface area contributed by atoms with Crippen LogP contribution in [0.3, 0.4) is 0 Å². The second kappa shape index (κ2) is 7.31. The smallest absolute Gasteiger partial charge is 0.131 e. The molecule has 2 atom stereocenters. The van der Waals surface area contributed by atoms with E-state index in [1.54, 1.807) is 23.9 Å². The minimum Gasteiger partial charge on any atom is -0.348 e. The SMILES string of the molecule is CN[C@H]1SC=CN1C(C)Cn1ccc(-c2ccc(C#N)c(Cl)c2)n1. The highest BCUT2D eigenvalue weighted by Crippen LogP contribution is 2.26. The number of nitrogens with one attached hydrogen (secondary N) is 1. The summed E-state index contributed by atoms with van der Waals surface area (Å²) in [6.45, 7) is 2.97. The van der Waals surface area contributed by atoms with Crippen molar-refractivity contribution in [1.82, 2.24) is 20.0 Å². The average molecular weight is 360 g/mol. The van der Waals surface area contributed by atoms with Gasteiger partial charge in [-0.05, 0) is 37.6 Å². The maximum atomic E-state index is 8.96. The molecule has 1 unspecified atom stereocenters. The number of aromatic nitrogens is 2. The molecule has 5 nitrogen and oxygen atoms in total. The van der Waals surface area contributed by atoms with E-state index in [0.29, 0.717) is 16.6 Å². The Morgan fingerprint density at radius 1 is 1.46 bits per heavy atom. The van der Waals surface area contributed by atoms with E-state index in [2.05, 4.69) is 39.9 Å². The van der Waals surface area contributed by atoms with Gasteiger partial charge in [-0.2, -0.15) is 10.4 Å². The fourth-order valence-corrected chi connectivity index (χ4v) is 3.81. The largest absolute Gasteiger partial charge is 0.348 e. The van der Waals surface area contributed by atoms with E-state index in [9.17, 15) is 0 Å². The zero-order valence-corrected chi connectivity index (χ0v) is 15.1. The minimum atomic E-state index is 0.271. The second-order valence-corrected chi connectivity index (χ2v) is 6.99. The number of hydrogen-bond donors (Lipinski definition) is 1. The highest BCUT2D eigenvalue weighted by atomic mass is 35.5. The molecule has 3 rings (SSSR count). The molecule has 0 saturated carbocycles. The average Bonchev–Trinajstić information content (AvgIpc) is 3.23. The van der Waals surface area contributed by atoms with Gasteiger partial charge in [-0.15, -0.1) is 0 Å². The number of hydrogen-bond acceptors (Lipinski definition) is 5. The third-order valence-electron chi connectivity index (χ3n) is 3.94. The van der Waals surface area contributed by atoms with Crippen LogP contribution in [0.5, 0.6) is 0 Å². The Kier molecular flexibility index (Phi) is 5.14. The van der Waals surface area contributed by atoms with Crippen molar-refractivity contribution in [3.63, 3.8) is 0 Å². The van der Waals surface area contributed by atoms with Gasteiger partial charge in [-0.1, -0.05) is 29.4 Å². The maximum Gasteiger partial charge on any atom is 0.131 e. The first-order valence-corrected chi connectivity index (χ1v) is 8.95. The van der Waals surface area contributed by atoms with E-state index in [4.69, 9.17) is 16.9 Å². The van der Waals surface area contributed by atoms with Gasteiger partial charge in [0.1, 0.15) is 11.6 Å². The molecule has 0 saturated heterocycles. The van der Waals surface area contributed by atoms with E-state index in [0.717, 1.165) is 17.8 Å². The number of nitrogens with zero attached hydrogens (tertiary/aromatic N) is 4. The fraction of sp³-hybridized carbons (Fsp3) is 0.294. The zero-order chi connectivity index (χ0) is 17.1. The van der Waals surface area contributed by atoms with Crippen molar-refractivity contribution in [2.24, 2.45) is 0 Å². The molecule has 24 heavy (non-hydrogen) atoms. The molecule has 0 bridgehead atoms. The molecule has 0 spiro atoms. The van der Waals surface area contributed by atoms with Crippen LogP contribution in [-0.4, -0.2) is 33.3 Å². The molecule has 124 valence electrons. The molecule has 2 aromatic rings. The summed E-state index contributed by atoms with van der Waals surface area (Å²) in [7, 11) is 1.96. The number of rotatable bonds is 5. The van der Waals surface area contributed by atoms with Crippen molar-refractivity contribution in [2.45, 2.75) is 25.0 Å². The summed E-state index contributed by atoms with van der Waals surface area (Å²) < 4.78 is 1.94. The van der Waals surface area contributed by atoms with Gasteiger partial charge in [0.25, 0.3) is 0 Å². The van der Waals surface area contributed by atoms with E-state index in [1.807, 2.05) is 30.1 Å². The van der Waals surface area contributed by atoms with Gasteiger partial charge < -0.3 is 4.90 Å². The Labute approximate surface area is 150 Å². The van der Waals surface area contributed by atoms with Crippen LogP contribution >= 0.6 is 23.4 Å². The van der Waals surface area contributed by atoms with Gasteiger partial charge in [-0.3, -0.25) is 10.00 Å². The van der Waals surface area contributed by atoms with Crippen molar-refractivity contribution >= 4 is 23.4 Å². The predicted molar refractivity (Wildman–Crippen MR) is 98.3 cm³/mol. The summed E-state index contributed by atoms with van der Waals surface area (Å²) in [6.07, 6.45) is 4.08. The van der Waals surface area contributed by atoms with E-state index >= 15 is 0 Å². The van der Waals surface area contributed by atoms with Gasteiger partial charge in [0.2, 0.25) is 0 Å². The molecule has 2 heterocycles. The van der Waals surface area contributed by atoms with Gasteiger partial charge in [0.05, 0.1) is 22.8 Å². The lowest BCUT2D eigenvalue weighted by Crippen LogP contribution is -2.42. The number of halogens is 1. The minimum absolute atomic E-state index is 0.271. The summed E-state index contributed by atoms with van der Waals surface area (Å²) in [5.74, 6) is 0. The van der Waals surface area contributed by atoms with Crippen LogP contribution in [0.1, 0.15) is 12.5 Å². The van der Waals surface area contributed by atoms with Crippen LogP contribution in [0.15, 0.2) is 42.1 Å². The van der Waals surface area contributed by atoms with Gasteiger partial charge in [0, 0.05) is 24.0 Å².